The number of nitriles is 1. The third-order valence-corrected chi connectivity index (χ3v) is 2.69. The van der Waals surface area contributed by atoms with E-state index in [1.165, 1.54) is 18.9 Å². The van der Waals surface area contributed by atoms with Crippen LogP contribution >= 0.6 is 0 Å². The second kappa shape index (κ2) is 4.97. The molecular weight excluding hydrogens is 174 g/mol. The zero-order chi connectivity index (χ0) is 10.4. The van der Waals surface area contributed by atoms with Gasteiger partial charge in [-0.05, 0) is 44.6 Å². The average Bonchev–Trinajstić information content (AvgIpc) is 2.19. The first-order chi connectivity index (χ1) is 6.67. The molecular formula is C12H17NO. The molecule has 0 aromatic carbocycles. The lowest BCUT2D eigenvalue weighted by atomic mass is 9.84. The lowest BCUT2D eigenvalue weighted by Gasteiger charge is -2.27. The zero-order valence-corrected chi connectivity index (χ0v) is 8.66. The maximum atomic E-state index is 10.1. The van der Waals surface area contributed by atoms with Gasteiger partial charge in [0.05, 0.1) is 11.7 Å². The van der Waals surface area contributed by atoms with Crippen LogP contribution in [0.2, 0.25) is 0 Å². The van der Waals surface area contributed by atoms with Gasteiger partial charge >= 0.3 is 0 Å². The molecule has 0 amide bonds. The summed E-state index contributed by atoms with van der Waals surface area (Å²) in [5, 5.41) is 18.5. The third kappa shape index (κ3) is 3.01. The maximum absolute atomic E-state index is 10.1. The third-order valence-electron chi connectivity index (χ3n) is 2.69. The monoisotopic (exact) mass is 191 g/mol. The summed E-state index contributed by atoms with van der Waals surface area (Å²) in [4.78, 5) is 0. The highest BCUT2D eigenvalue weighted by atomic mass is 16.3. The summed E-state index contributed by atoms with van der Waals surface area (Å²) < 4.78 is 0. The van der Waals surface area contributed by atoms with E-state index in [4.69, 9.17) is 5.26 Å². The van der Waals surface area contributed by atoms with E-state index in [9.17, 15) is 5.11 Å². The molecule has 2 nitrogen and oxygen atoms in total. The molecule has 0 aromatic heterocycles. The Labute approximate surface area is 85.6 Å². The molecule has 0 bridgehead atoms. The molecule has 0 saturated heterocycles. The highest BCUT2D eigenvalue weighted by molar-refractivity contribution is 5.19. The zero-order valence-electron chi connectivity index (χ0n) is 8.66. The van der Waals surface area contributed by atoms with Gasteiger partial charge in [-0.2, -0.15) is 5.26 Å². The van der Waals surface area contributed by atoms with E-state index in [1.807, 2.05) is 13.0 Å². The Bertz CT molecular complexity index is 281. The van der Waals surface area contributed by atoms with Gasteiger partial charge in [0.2, 0.25) is 0 Å². The van der Waals surface area contributed by atoms with Crippen LogP contribution in [0.25, 0.3) is 0 Å². The van der Waals surface area contributed by atoms with E-state index in [2.05, 4.69) is 6.08 Å². The van der Waals surface area contributed by atoms with Crippen LogP contribution in [-0.4, -0.2) is 10.7 Å². The van der Waals surface area contributed by atoms with Crippen LogP contribution in [0.5, 0.6) is 0 Å². The molecule has 1 aliphatic rings. The number of aliphatic hydroxyl groups is 1. The SMILES string of the molecule is C[C@](O)(C/C=C\C#N)C1=CCCCC1. The largest absolute Gasteiger partial charge is 0.385 e. The first kappa shape index (κ1) is 11.0. The molecule has 1 aliphatic carbocycles. The molecule has 2 heteroatoms. The van der Waals surface area contributed by atoms with Crippen LogP contribution in [0.3, 0.4) is 0 Å². The molecule has 0 aliphatic heterocycles. The summed E-state index contributed by atoms with van der Waals surface area (Å²) in [6.07, 6.45) is 10.3. The van der Waals surface area contributed by atoms with Crippen molar-refractivity contribution >= 4 is 0 Å². The van der Waals surface area contributed by atoms with Crippen molar-refractivity contribution in [2.24, 2.45) is 0 Å². The van der Waals surface area contributed by atoms with Crippen molar-refractivity contribution in [1.29, 1.82) is 5.26 Å². The average molecular weight is 191 g/mol. The first-order valence-electron chi connectivity index (χ1n) is 5.13. The number of hydrogen-bond acceptors (Lipinski definition) is 2. The summed E-state index contributed by atoms with van der Waals surface area (Å²) in [6.45, 7) is 1.83. The van der Waals surface area contributed by atoms with Gasteiger partial charge in [-0.25, -0.2) is 0 Å². The van der Waals surface area contributed by atoms with Crippen molar-refractivity contribution in [3.05, 3.63) is 23.8 Å². The van der Waals surface area contributed by atoms with Crippen LogP contribution in [0.4, 0.5) is 0 Å². The number of rotatable bonds is 3. The lowest BCUT2D eigenvalue weighted by molar-refractivity contribution is 0.0962. The van der Waals surface area contributed by atoms with E-state index in [-0.39, 0.29) is 0 Å². The molecule has 0 saturated carbocycles. The Morgan fingerprint density at radius 1 is 1.64 bits per heavy atom. The summed E-state index contributed by atoms with van der Waals surface area (Å²) in [5.41, 5.74) is 0.375. The number of nitrogens with zero attached hydrogens (tertiary/aromatic N) is 1. The van der Waals surface area contributed by atoms with Crippen LogP contribution < -0.4 is 0 Å². The molecule has 0 heterocycles. The van der Waals surface area contributed by atoms with E-state index in [1.54, 1.807) is 6.08 Å². The van der Waals surface area contributed by atoms with Crippen LogP contribution in [0.1, 0.15) is 39.0 Å². The van der Waals surface area contributed by atoms with Gasteiger partial charge in [-0.15, -0.1) is 0 Å². The Kier molecular flexibility index (Phi) is 3.91. The maximum Gasteiger partial charge on any atom is 0.0908 e. The summed E-state index contributed by atoms with van der Waals surface area (Å²) in [6, 6.07) is 1.93. The predicted octanol–water partition coefficient (Wildman–Crippen LogP) is 2.71. The topological polar surface area (TPSA) is 44.0 Å². The predicted molar refractivity (Wildman–Crippen MR) is 56.5 cm³/mol. The molecule has 1 atom stereocenters. The molecule has 14 heavy (non-hydrogen) atoms. The van der Waals surface area contributed by atoms with E-state index in [0.29, 0.717) is 6.42 Å². The van der Waals surface area contributed by atoms with Crippen LogP contribution in [0, 0.1) is 11.3 Å². The standard InChI is InChI=1S/C12H17NO/c1-12(14,9-5-6-10-13)11-7-3-2-4-8-11/h5-7,14H,2-4,8-9H2,1H3/b6-5-/t12-/m0/s1. The fraction of sp³-hybridized carbons (Fsp3) is 0.583. The van der Waals surface area contributed by atoms with Crippen molar-refractivity contribution in [2.45, 2.75) is 44.6 Å². The fourth-order valence-electron chi connectivity index (χ4n) is 1.80. The quantitative estimate of drug-likeness (QED) is 0.550. The van der Waals surface area contributed by atoms with Crippen molar-refractivity contribution in [3.63, 3.8) is 0 Å². The van der Waals surface area contributed by atoms with Crippen LogP contribution in [0.15, 0.2) is 23.8 Å². The normalized spacial score (nSPS) is 21.4. The van der Waals surface area contributed by atoms with Crippen LogP contribution in [-0.2, 0) is 0 Å². The van der Waals surface area contributed by atoms with Crippen molar-refractivity contribution in [3.8, 4) is 6.07 Å². The van der Waals surface area contributed by atoms with Gasteiger partial charge < -0.3 is 5.11 Å². The van der Waals surface area contributed by atoms with E-state index >= 15 is 0 Å². The molecule has 1 N–H and O–H groups in total. The van der Waals surface area contributed by atoms with Gasteiger partial charge in [-0.1, -0.05) is 12.2 Å². The minimum Gasteiger partial charge on any atom is -0.385 e. The fourth-order valence-corrected chi connectivity index (χ4v) is 1.80. The highest BCUT2D eigenvalue weighted by Crippen LogP contribution is 2.29. The molecule has 76 valence electrons. The number of allylic oxidation sites excluding steroid dienone is 2. The van der Waals surface area contributed by atoms with Gasteiger partial charge in [0, 0.05) is 6.08 Å². The molecule has 0 unspecified atom stereocenters. The van der Waals surface area contributed by atoms with E-state index < -0.39 is 5.60 Å². The molecule has 0 aromatic rings. The lowest BCUT2D eigenvalue weighted by Crippen LogP contribution is -2.27. The molecule has 0 spiro atoms. The van der Waals surface area contributed by atoms with Crippen molar-refractivity contribution in [1.82, 2.24) is 0 Å². The minimum absolute atomic E-state index is 0.534. The smallest absolute Gasteiger partial charge is 0.0908 e. The summed E-state index contributed by atoms with van der Waals surface area (Å²) in [5.74, 6) is 0. The molecule has 1 rings (SSSR count). The molecule has 0 radical (unpaired) electrons. The van der Waals surface area contributed by atoms with Gasteiger partial charge in [0.25, 0.3) is 0 Å². The summed E-state index contributed by atoms with van der Waals surface area (Å²) in [7, 11) is 0. The minimum atomic E-state index is -0.756. The van der Waals surface area contributed by atoms with Gasteiger partial charge in [0.1, 0.15) is 0 Å². The van der Waals surface area contributed by atoms with Crippen molar-refractivity contribution < 1.29 is 5.11 Å². The van der Waals surface area contributed by atoms with E-state index in [0.717, 1.165) is 18.4 Å². The number of hydrogen-bond donors (Lipinski definition) is 1. The highest BCUT2D eigenvalue weighted by Gasteiger charge is 2.24. The summed E-state index contributed by atoms with van der Waals surface area (Å²) >= 11 is 0. The van der Waals surface area contributed by atoms with Gasteiger partial charge in [0.15, 0.2) is 0 Å². The second-order valence-electron chi connectivity index (χ2n) is 3.98. The Morgan fingerprint density at radius 3 is 3.00 bits per heavy atom. The first-order valence-corrected chi connectivity index (χ1v) is 5.13. The van der Waals surface area contributed by atoms with Crippen molar-refractivity contribution in [2.75, 3.05) is 0 Å². The Morgan fingerprint density at radius 2 is 2.43 bits per heavy atom. The Balaban J connectivity index is 2.59. The Hall–Kier alpha value is -1.07. The molecule has 0 fully saturated rings. The van der Waals surface area contributed by atoms with Gasteiger partial charge in [-0.3, -0.25) is 0 Å². The second-order valence-corrected chi connectivity index (χ2v) is 3.98.